The van der Waals surface area contributed by atoms with Crippen LogP contribution in [0.4, 0.5) is 15.8 Å². The van der Waals surface area contributed by atoms with E-state index in [-0.39, 0.29) is 27.7 Å². The zero-order valence-corrected chi connectivity index (χ0v) is 16.3. The van der Waals surface area contributed by atoms with Crippen LogP contribution in [0.2, 0.25) is 5.02 Å². The van der Waals surface area contributed by atoms with Gasteiger partial charge in [-0.05, 0) is 54.8 Å². The lowest BCUT2D eigenvalue weighted by molar-refractivity contribution is 0.101. The molecule has 0 aliphatic carbocycles. The second kappa shape index (κ2) is 8.86. The maximum atomic E-state index is 13.8. The Kier molecular flexibility index (Phi) is 6.28. The van der Waals surface area contributed by atoms with Gasteiger partial charge in [0.25, 0.3) is 11.8 Å². The summed E-state index contributed by atoms with van der Waals surface area (Å²) in [5.74, 6) is -1.56. The van der Waals surface area contributed by atoms with Crippen LogP contribution in [0.1, 0.15) is 20.8 Å². The largest absolute Gasteiger partial charge is 0.320 e. The second-order valence-corrected chi connectivity index (χ2v) is 6.95. The molecule has 1 heterocycles. The van der Waals surface area contributed by atoms with Crippen molar-refractivity contribution in [3.8, 4) is 0 Å². The van der Waals surface area contributed by atoms with Gasteiger partial charge < -0.3 is 10.6 Å². The summed E-state index contributed by atoms with van der Waals surface area (Å²) in [6.07, 6.45) is 3.37. The minimum Gasteiger partial charge on any atom is -0.320 e. The number of benzene rings is 2. The molecule has 1 aromatic heterocycles. The maximum absolute atomic E-state index is 13.8. The number of rotatable bonds is 5. The number of aromatic nitrogens is 1. The molecule has 0 bridgehead atoms. The van der Waals surface area contributed by atoms with Gasteiger partial charge in [-0.15, -0.1) is 11.8 Å². The van der Waals surface area contributed by atoms with Gasteiger partial charge in [-0.2, -0.15) is 0 Å². The first-order valence-corrected chi connectivity index (χ1v) is 9.75. The van der Waals surface area contributed by atoms with Crippen LogP contribution in [0, 0.1) is 5.82 Å². The van der Waals surface area contributed by atoms with Gasteiger partial charge in [-0.3, -0.25) is 14.6 Å². The van der Waals surface area contributed by atoms with Crippen LogP contribution in [0.3, 0.4) is 0 Å². The number of hydrogen-bond acceptors (Lipinski definition) is 4. The van der Waals surface area contributed by atoms with Crippen LogP contribution in [-0.2, 0) is 0 Å². The van der Waals surface area contributed by atoms with E-state index in [4.69, 9.17) is 11.6 Å². The van der Waals surface area contributed by atoms with Gasteiger partial charge in [0, 0.05) is 11.1 Å². The molecule has 0 spiro atoms. The molecule has 0 unspecified atom stereocenters. The molecule has 0 atom stereocenters. The van der Waals surface area contributed by atoms with Crippen molar-refractivity contribution in [1.29, 1.82) is 0 Å². The summed E-state index contributed by atoms with van der Waals surface area (Å²) < 4.78 is 13.8. The molecule has 2 amide bonds. The molecule has 0 saturated carbocycles. The van der Waals surface area contributed by atoms with Crippen LogP contribution in [0.15, 0.2) is 65.7 Å². The number of carbonyl (C=O) groups is 2. The summed E-state index contributed by atoms with van der Waals surface area (Å²) in [4.78, 5) is 29.8. The normalized spacial score (nSPS) is 10.4. The molecule has 0 aliphatic rings. The minimum absolute atomic E-state index is 0.111. The third kappa shape index (κ3) is 4.68. The molecule has 0 aliphatic heterocycles. The van der Waals surface area contributed by atoms with Gasteiger partial charge in [0.05, 0.1) is 22.0 Å². The van der Waals surface area contributed by atoms with Crippen molar-refractivity contribution in [2.75, 3.05) is 16.9 Å². The van der Waals surface area contributed by atoms with Crippen LogP contribution in [0.25, 0.3) is 0 Å². The van der Waals surface area contributed by atoms with Crippen molar-refractivity contribution >= 4 is 46.6 Å². The summed E-state index contributed by atoms with van der Waals surface area (Å²) in [5, 5.41) is 5.51. The lowest BCUT2D eigenvalue weighted by Gasteiger charge is -2.13. The molecule has 0 fully saturated rings. The molecule has 28 heavy (non-hydrogen) atoms. The molecule has 0 radical (unpaired) electrons. The van der Waals surface area contributed by atoms with E-state index in [2.05, 4.69) is 15.6 Å². The molecule has 8 heteroatoms. The molecule has 3 aromatic rings. The summed E-state index contributed by atoms with van der Waals surface area (Å²) in [7, 11) is 0. The number of pyridine rings is 1. The molecular formula is C20H15ClFN3O2S. The molecule has 2 N–H and O–H groups in total. The molecule has 5 nitrogen and oxygen atoms in total. The topological polar surface area (TPSA) is 71.1 Å². The fraction of sp³-hybridized carbons (Fsp3) is 0.0500. The standard InChI is InChI=1S/C20H15ClFN3O2S/c1-28-13-6-7-15(21)14(11-13)19(26)25-18-10-12(22)5-8-16(18)24-20(27)17-4-2-3-9-23-17/h2-11H,1H3,(H,24,27)(H,25,26). The van der Waals surface area contributed by atoms with Crippen molar-refractivity contribution in [3.05, 3.63) is 82.9 Å². The Morgan fingerprint density at radius 1 is 1.00 bits per heavy atom. The average Bonchev–Trinajstić information content (AvgIpc) is 2.71. The highest BCUT2D eigenvalue weighted by atomic mass is 35.5. The highest BCUT2D eigenvalue weighted by molar-refractivity contribution is 7.98. The maximum Gasteiger partial charge on any atom is 0.274 e. The van der Waals surface area contributed by atoms with E-state index in [1.807, 2.05) is 6.26 Å². The summed E-state index contributed by atoms with van der Waals surface area (Å²) >= 11 is 7.59. The molecule has 2 aromatic carbocycles. The van der Waals surface area contributed by atoms with E-state index in [1.54, 1.807) is 36.4 Å². The number of anilines is 2. The quantitative estimate of drug-likeness (QED) is 0.568. The Bertz CT molecular complexity index is 1030. The predicted octanol–water partition coefficient (Wildman–Crippen LogP) is 5.10. The Labute approximate surface area is 170 Å². The first-order chi connectivity index (χ1) is 13.5. The summed E-state index contributed by atoms with van der Waals surface area (Å²) in [6, 6.07) is 13.7. The number of carbonyl (C=O) groups excluding carboxylic acids is 2. The van der Waals surface area contributed by atoms with E-state index in [0.717, 1.165) is 11.0 Å². The highest BCUT2D eigenvalue weighted by Gasteiger charge is 2.16. The summed E-state index contributed by atoms with van der Waals surface area (Å²) in [6.45, 7) is 0. The second-order valence-electron chi connectivity index (χ2n) is 5.66. The smallest absolute Gasteiger partial charge is 0.274 e. The van der Waals surface area contributed by atoms with Crippen molar-refractivity contribution < 1.29 is 14.0 Å². The van der Waals surface area contributed by atoms with Gasteiger partial charge in [-0.1, -0.05) is 17.7 Å². The predicted molar refractivity (Wildman–Crippen MR) is 110 cm³/mol. The van der Waals surface area contributed by atoms with Crippen molar-refractivity contribution in [1.82, 2.24) is 4.98 Å². The zero-order valence-electron chi connectivity index (χ0n) is 14.7. The highest BCUT2D eigenvalue weighted by Crippen LogP contribution is 2.27. The third-order valence-corrected chi connectivity index (χ3v) is 4.85. The Morgan fingerprint density at radius 2 is 1.79 bits per heavy atom. The van der Waals surface area contributed by atoms with Gasteiger partial charge in [0.15, 0.2) is 0 Å². The van der Waals surface area contributed by atoms with Crippen molar-refractivity contribution in [2.24, 2.45) is 0 Å². The number of nitrogens with one attached hydrogen (secondary N) is 2. The zero-order chi connectivity index (χ0) is 20.1. The fourth-order valence-corrected chi connectivity index (χ4v) is 3.05. The van der Waals surface area contributed by atoms with Crippen LogP contribution < -0.4 is 10.6 Å². The van der Waals surface area contributed by atoms with Gasteiger partial charge in [-0.25, -0.2) is 4.39 Å². The van der Waals surface area contributed by atoms with Gasteiger partial charge in [0.1, 0.15) is 11.5 Å². The van der Waals surface area contributed by atoms with Crippen LogP contribution in [0.5, 0.6) is 0 Å². The van der Waals surface area contributed by atoms with Crippen molar-refractivity contribution in [2.45, 2.75) is 4.90 Å². The first-order valence-electron chi connectivity index (χ1n) is 8.15. The monoisotopic (exact) mass is 415 g/mol. The number of amides is 2. The SMILES string of the molecule is CSc1ccc(Cl)c(C(=O)Nc2cc(F)ccc2NC(=O)c2ccccn2)c1. The molecule has 0 saturated heterocycles. The number of thioether (sulfide) groups is 1. The van der Waals surface area contributed by atoms with Crippen LogP contribution in [-0.4, -0.2) is 23.1 Å². The Hall–Kier alpha value is -2.90. The average molecular weight is 416 g/mol. The Balaban J connectivity index is 1.87. The molecule has 142 valence electrons. The van der Waals surface area contributed by atoms with Crippen LogP contribution >= 0.6 is 23.4 Å². The summed E-state index contributed by atoms with van der Waals surface area (Å²) in [5.41, 5.74) is 0.794. The van der Waals surface area contributed by atoms with Gasteiger partial charge >= 0.3 is 0 Å². The number of halogens is 2. The van der Waals surface area contributed by atoms with Crippen molar-refractivity contribution in [3.63, 3.8) is 0 Å². The fourth-order valence-electron chi connectivity index (χ4n) is 2.41. The third-order valence-electron chi connectivity index (χ3n) is 3.79. The van der Waals surface area contributed by atoms with E-state index >= 15 is 0 Å². The lowest BCUT2D eigenvalue weighted by Crippen LogP contribution is -2.18. The van der Waals surface area contributed by atoms with Gasteiger partial charge in [0.2, 0.25) is 0 Å². The van der Waals surface area contributed by atoms with E-state index in [1.165, 1.54) is 30.1 Å². The number of nitrogens with zero attached hydrogens (tertiary/aromatic N) is 1. The van der Waals surface area contributed by atoms with E-state index in [9.17, 15) is 14.0 Å². The van der Waals surface area contributed by atoms with E-state index < -0.39 is 17.6 Å². The Morgan fingerprint density at radius 3 is 2.50 bits per heavy atom. The first kappa shape index (κ1) is 19.9. The minimum atomic E-state index is -0.560. The van der Waals surface area contributed by atoms with E-state index in [0.29, 0.717) is 0 Å². The molecule has 3 rings (SSSR count). The lowest BCUT2D eigenvalue weighted by atomic mass is 10.2. The number of hydrogen-bond donors (Lipinski definition) is 2. The molecular weight excluding hydrogens is 401 g/mol.